The molecule has 11 heavy (non-hydrogen) atoms. The monoisotopic (exact) mass is 148 g/mol. The number of hydrogen-bond donors (Lipinski definition) is 3. The Bertz CT molecular complexity index is 392. The summed E-state index contributed by atoms with van der Waals surface area (Å²) in [6, 6.07) is 5.36. The van der Waals surface area contributed by atoms with Gasteiger partial charge < -0.3 is 15.8 Å². The molecule has 0 bridgehead atoms. The molecule has 2 rings (SSSR count). The van der Waals surface area contributed by atoms with Crippen molar-refractivity contribution in [2.45, 2.75) is 0 Å². The molecule has 1 heterocycles. The van der Waals surface area contributed by atoms with Crippen LogP contribution in [0, 0.1) is 0 Å². The summed E-state index contributed by atoms with van der Waals surface area (Å²) in [5, 5.41) is 10.0. The van der Waals surface area contributed by atoms with Crippen LogP contribution in [0.25, 0.3) is 10.9 Å². The fourth-order valence-corrected chi connectivity index (χ4v) is 1.12. The van der Waals surface area contributed by atoms with Crippen molar-refractivity contribution in [2.24, 2.45) is 0 Å². The van der Waals surface area contributed by atoms with Crippen molar-refractivity contribution in [3.8, 4) is 5.75 Å². The highest BCUT2D eigenvalue weighted by Gasteiger charge is 1.99. The molecular weight excluding hydrogens is 140 g/mol. The lowest BCUT2D eigenvalue weighted by atomic mass is 10.2. The van der Waals surface area contributed by atoms with E-state index in [2.05, 4.69) is 4.98 Å². The van der Waals surface area contributed by atoms with Gasteiger partial charge in [-0.25, -0.2) is 0 Å². The Morgan fingerprint density at radius 1 is 1.36 bits per heavy atom. The average Bonchev–Trinajstić information content (AvgIpc) is 2.33. The van der Waals surface area contributed by atoms with Gasteiger partial charge in [-0.15, -0.1) is 0 Å². The Morgan fingerprint density at radius 2 is 2.18 bits per heavy atom. The maximum atomic E-state index is 9.25. The molecule has 1 aromatic carbocycles. The van der Waals surface area contributed by atoms with Crippen LogP contribution in [-0.2, 0) is 0 Å². The van der Waals surface area contributed by atoms with Gasteiger partial charge >= 0.3 is 0 Å². The number of nitrogens with one attached hydrogen (secondary N) is 1. The molecule has 56 valence electrons. The number of nitrogens with two attached hydrogens (primary N) is 1. The van der Waals surface area contributed by atoms with E-state index in [1.165, 1.54) is 0 Å². The lowest BCUT2D eigenvalue weighted by molar-refractivity contribution is 0.481. The first-order valence-electron chi connectivity index (χ1n) is 3.33. The Kier molecular flexibility index (Phi) is 1.06. The molecule has 0 unspecified atom stereocenters. The van der Waals surface area contributed by atoms with E-state index >= 15 is 0 Å². The van der Waals surface area contributed by atoms with Gasteiger partial charge in [-0.3, -0.25) is 0 Å². The zero-order valence-electron chi connectivity index (χ0n) is 5.83. The molecule has 3 heteroatoms. The highest BCUT2D eigenvalue weighted by atomic mass is 16.3. The van der Waals surface area contributed by atoms with E-state index < -0.39 is 0 Å². The van der Waals surface area contributed by atoms with Crippen LogP contribution in [0.2, 0.25) is 0 Å². The second-order valence-electron chi connectivity index (χ2n) is 2.48. The van der Waals surface area contributed by atoms with Gasteiger partial charge in [0.05, 0.1) is 0 Å². The number of aromatic hydroxyl groups is 1. The summed E-state index contributed by atoms with van der Waals surface area (Å²) in [6.07, 6.45) is 1.55. The quantitative estimate of drug-likeness (QED) is 0.495. The number of aromatic amines is 1. The van der Waals surface area contributed by atoms with Crippen molar-refractivity contribution >= 4 is 16.6 Å². The molecule has 0 saturated heterocycles. The first-order chi connectivity index (χ1) is 5.27. The minimum atomic E-state index is 0.243. The SMILES string of the molecule is Nc1ccc2[nH]cc(O)c2c1. The number of rotatable bonds is 0. The second-order valence-corrected chi connectivity index (χ2v) is 2.48. The third-order valence-corrected chi connectivity index (χ3v) is 1.68. The van der Waals surface area contributed by atoms with E-state index in [1.54, 1.807) is 18.3 Å². The van der Waals surface area contributed by atoms with E-state index in [0.29, 0.717) is 5.69 Å². The third kappa shape index (κ3) is 0.816. The number of benzene rings is 1. The Hall–Kier alpha value is -1.64. The summed E-state index contributed by atoms with van der Waals surface area (Å²) in [4.78, 5) is 2.91. The molecule has 3 nitrogen and oxygen atoms in total. The zero-order chi connectivity index (χ0) is 7.84. The van der Waals surface area contributed by atoms with Gasteiger partial charge in [0.1, 0.15) is 5.75 Å². The first kappa shape index (κ1) is 6.09. The van der Waals surface area contributed by atoms with Crippen molar-refractivity contribution in [1.29, 1.82) is 0 Å². The predicted octanol–water partition coefficient (Wildman–Crippen LogP) is 1.46. The minimum absolute atomic E-state index is 0.243. The highest BCUT2D eigenvalue weighted by Crippen LogP contribution is 2.25. The molecule has 1 aromatic heterocycles. The summed E-state index contributed by atoms with van der Waals surface area (Å²) in [7, 11) is 0. The number of aromatic nitrogens is 1. The second kappa shape index (κ2) is 1.92. The Morgan fingerprint density at radius 3 is 3.00 bits per heavy atom. The lowest BCUT2D eigenvalue weighted by Crippen LogP contribution is -1.81. The van der Waals surface area contributed by atoms with Crippen LogP contribution in [0.4, 0.5) is 5.69 Å². The van der Waals surface area contributed by atoms with Crippen LogP contribution < -0.4 is 5.73 Å². The number of H-pyrrole nitrogens is 1. The Balaban J connectivity index is 2.87. The van der Waals surface area contributed by atoms with Crippen LogP contribution >= 0.6 is 0 Å². The highest BCUT2D eigenvalue weighted by molar-refractivity contribution is 5.88. The number of hydrogen-bond acceptors (Lipinski definition) is 2. The smallest absolute Gasteiger partial charge is 0.140 e. The standard InChI is InChI=1S/C8H8N2O/c9-5-1-2-7-6(3-5)8(11)4-10-7/h1-4,10-11H,9H2. The van der Waals surface area contributed by atoms with Crippen LogP contribution in [0.1, 0.15) is 0 Å². The number of nitrogen functional groups attached to an aromatic ring is 1. The topological polar surface area (TPSA) is 62.0 Å². The van der Waals surface area contributed by atoms with Crippen molar-refractivity contribution < 1.29 is 5.11 Å². The average molecular weight is 148 g/mol. The van der Waals surface area contributed by atoms with Crippen LogP contribution in [0.15, 0.2) is 24.4 Å². The maximum Gasteiger partial charge on any atom is 0.140 e. The molecule has 0 aliphatic carbocycles. The molecule has 4 N–H and O–H groups in total. The van der Waals surface area contributed by atoms with Crippen LogP contribution in [0.3, 0.4) is 0 Å². The molecule has 0 radical (unpaired) electrons. The molecule has 0 saturated carbocycles. The molecule has 0 aliphatic rings. The van der Waals surface area contributed by atoms with Gasteiger partial charge in [-0.1, -0.05) is 0 Å². The summed E-state index contributed by atoms with van der Waals surface area (Å²) < 4.78 is 0. The largest absolute Gasteiger partial charge is 0.506 e. The van der Waals surface area contributed by atoms with Gasteiger partial charge in [0.25, 0.3) is 0 Å². The number of fused-ring (bicyclic) bond motifs is 1. The zero-order valence-corrected chi connectivity index (χ0v) is 5.83. The molecule has 0 atom stereocenters. The summed E-state index contributed by atoms with van der Waals surface area (Å²) >= 11 is 0. The van der Waals surface area contributed by atoms with Gasteiger partial charge in [-0.2, -0.15) is 0 Å². The van der Waals surface area contributed by atoms with E-state index in [4.69, 9.17) is 5.73 Å². The van der Waals surface area contributed by atoms with Gasteiger partial charge in [0, 0.05) is 22.8 Å². The molecule has 0 spiro atoms. The summed E-state index contributed by atoms with van der Waals surface area (Å²) in [6.45, 7) is 0. The van der Waals surface area contributed by atoms with Gasteiger partial charge in [0.2, 0.25) is 0 Å². The van der Waals surface area contributed by atoms with Crippen LogP contribution in [0.5, 0.6) is 5.75 Å². The molecule has 0 amide bonds. The van der Waals surface area contributed by atoms with Gasteiger partial charge in [-0.05, 0) is 18.2 Å². The molecule has 0 fully saturated rings. The van der Waals surface area contributed by atoms with E-state index in [1.807, 2.05) is 6.07 Å². The van der Waals surface area contributed by atoms with E-state index in [-0.39, 0.29) is 5.75 Å². The van der Waals surface area contributed by atoms with Crippen molar-refractivity contribution in [2.75, 3.05) is 5.73 Å². The molecule has 2 aromatic rings. The van der Waals surface area contributed by atoms with Crippen molar-refractivity contribution in [3.05, 3.63) is 24.4 Å². The fraction of sp³-hybridized carbons (Fsp3) is 0. The first-order valence-corrected chi connectivity index (χ1v) is 3.33. The van der Waals surface area contributed by atoms with E-state index in [9.17, 15) is 5.11 Å². The lowest BCUT2D eigenvalue weighted by Gasteiger charge is -1.92. The summed E-state index contributed by atoms with van der Waals surface area (Å²) in [5.41, 5.74) is 7.09. The Labute approximate surface area is 63.5 Å². The maximum absolute atomic E-state index is 9.25. The predicted molar refractivity (Wildman–Crippen MR) is 44.4 cm³/mol. The minimum Gasteiger partial charge on any atom is -0.506 e. The van der Waals surface area contributed by atoms with Gasteiger partial charge in [0.15, 0.2) is 0 Å². The third-order valence-electron chi connectivity index (χ3n) is 1.68. The number of anilines is 1. The molecular formula is C8H8N2O. The van der Waals surface area contributed by atoms with Crippen molar-refractivity contribution in [3.63, 3.8) is 0 Å². The summed E-state index contributed by atoms with van der Waals surface area (Å²) in [5.74, 6) is 0.243. The van der Waals surface area contributed by atoms with Crippen LogP contribution in [-0.4, -0.2) is 10.1 Å². The fourth-order valence-electron chi connectivity index (χ4n) is 1.12. The normalized spacial score (nSPS) is 10.5. The van der Waals surface area contributed by atoms with Crippen molar-refractivity contribution in [1.82, 2.24) is 4.98 Å². The van der Waals surface area contributed by atoms with E-state index in [0.717, 1.165) is 10.9 Å². The molecule has 0 aliphatic heterocycles.